The lowest BCUT2D eigenvalue weighted by atomic mass is 10.0. The van der Waals surface area contributed by atoms with E-state index in [2.05, 4.69) is 19.2 Å². The van der Waals surface area contributed by atoms with Crippen LogP contribution in [0.25, 0.3) is 0 Å². The summed E-state index contributed by atoms with van der Waals surface area (Å²) in [6, 6.07) is -0.612. The van der Waals surface area contributed by atoms with E-state index in [1.165, 1.54) is 148 Å². The SMILES string of the molecule is CCCCCCCCCCCCCCCCCCCCCCCC/C=C/C(O)C(CO)NC(=O)CCCCCCC. The van der Waals surface area contributed by atoms with Gasteiger partial charge in [-0.2, -0.15) is 0 Å². The van der Waals surface area contributed by atoms with Crippen LogP contribution in [0.15, 0.2) is 12.2 Å². The molecular formula is C37H73NO3. The van der Waals surface area contributed by atoms with Crippen molar-refractivity contribution < 1.29 is 15.0 Å². The van der Waals surface area contributed by atoms with Gasteiger partial charge in [-0.05, 0) is 19.3 Å². The number of nitrogens with one attached hydrogen (secondary N) is 1. The third-order valence-corrected chi connectivity index (χ3v) is 8.52. The van der Waals surface area contributed by atoms with E-state index < -0.39 is 12.1 Å². The van der Waals surface area contributed by atoms with E-state index >= 15 is 0 Å². The smallest absolute Gasteiger partial charge is 0.220 e. The lowest BCUT2D eigenvalue weighted by Crippen LogP contribution is -2.45. The minimum atomic E-state index is -0.830. The summed E-state index contributed by atoms with van der Waals surface area (Å²) in [4.78, 5) is 12.1. The highest BCUT2D eigenvalue weighted by molar-refractivity contribution is 5.76. The van der Waals surface area contributed by atoms with Gasteiger partial charge in [0.15, 0.2) is 0 Å². The van der Waals surface area contributed by atoms with Crippen molar-refractivity contribution in [1.29, 1.82) is 0 Å². The van der Waals surface area contributed by atoms with Gasteiger partial charge in [-0.1, -0.05) is 187 Å². The molecule has 2 unspecified atom stereocenters. The molecular weight excluding hydrogens is 506 g/mol. The van der Waals surface area contributed by atoms with Crippen LogP contribution in [0.5, 0.6) is 0 Å². The third-order valence-electron chi connectivity index (χ3n) is 8.52. The Morgan fingerprint density at radius 3 is 1.27 bits per heavy atom. The minimum Gasteiger partial charge on any atom is -0.394 e. The summed E-state index contributed by atoms with van der Waals surface area (Å²) >= 11 is 0. The molecule has 0 aliphatic heterocycles. The zero-order valence-electron chi connectivity index (χ0n) is 27.8. The Morgan fingerprint density at radius 2 is 0.902 bits per heavy atom. The van der Waals surface area contributed by atoms with Crippen molar-refractivity contribution >= 4 is 5.91 Å². The average molecular weight is 580 g/mol. The van der Waals surface area contributed by atoms with E-state index in [-0.39, 0.29) is 12.5 Å². The predicted octanol–water partition coefficient (Wildman–Crippen LogP) is 10.7. The first-order chi connectivity index (χ1) is 20.2. The standard InChI is InChI=1S/C37H73NO3/c1-3-5-7-9-10-11-12-13-14-15-16-17-18-19-20-21-22-23-24-25-26-27-29-30-32-36(40)35(34-39)38-37(41)33-31-28-8-6-4-2/h30,32,35-36,39-40H,3-29,31,33-34H2,1-2H3,(H,38,41)/b32-30+. The fraction of sp³-hybridized carbons (Fsp3) is 0.919. The highest BCUT2D eigenvalue weighted by Gasteiger charge is 2.17. The molecule has 0 spiro atoms. The Balaban J connectivity index is 3.43. The summed E-state index contributed by atoms with van der Waals surface area (Å²) in [5, 5.41) is 22.7. The summed E-state index contributed by atoms with van der Waals surface area (Å²) in [5.74, 6) is -0.0763. The van der Waals surface area contributed by atoms with Gasteiger partial charge in [0.25, 0.3) is 0 Å². The Hall–Kier alpha value is -0.870. The number of carbonyl (C=O) groups excluding carboxylic acids is 1. The quantitative estimate of drug-likeness (QED) is 0.0535. The monoisotopic (exact) mass is 580 g/mol. The molecule has 0 radical (unpaired) electrons. The second-order valence-corrected chi connectivity index (χ2v) is 12.7. The first kappa shape index (κ1) is 40.1. The molecule has 0 aromatic carbocycles. The molecule has 0 bridgehead atoms. The molecule has 4 heteroatoms. The topological polar surface area (TPSA) is 69.6 Å². The van der Waals surface area contributed by atoms with Crippen molar-refractivity contribution in [3.05, 3.63) is 12.2 Å². The van der Waals surface area contributed by atoms with Gasteiger partial charge in [0, 0.05) is 6.42 Å². The molecule has 0 saturated carbocycles. The summed E-state index contributed by atoms with van der Waals surface area (Å²) in [6.45, 7) is 4.23. The van der Waals surface area contributed by atoms with Gasteiger partial charge in [-0.25, -0.2) is 0 Å². The zero-order valence-corrected chi connectivity index (χ0v) is 27.8. The van der Waals surface area contributed by atoms with Crippen molar-refractivity contribution in [2.24, 2.45) is 0 Å². The maximum Gasteiger partial charge on any atom is 0.220 e. The summed E-state index contributed by atoms with van der Waals surface area (Å²) in [6.07, 6.45) is 40.6. The molecule has 0 rings (SSSR count). The van der Waals surface area contributed by atoms with E-state index in [1.54, 1.807) is 6.08 Å². The Kier molecular flexibility index (Phi) is 32.9. The number of unbranched alkanes of at least 4 members (excludes halogenated alkanes) is 26. The normalized spacial score (nSPS) is 13.2. The number of hydrogen-bond donors (Lipinski definition) is 3. The molecule has 0 aliphatic carbocycles. The van der Waals surface area contributed by atoms with Crippen LogP contribution in [-0.4, -0.2) is 34.9 Å². The maximum absolute atomic E-state index is 12.1. The Bertz CT molecular complexity index is 550. The van der Waals surface area contributed by atoms with Gasteiger partial charge in [0.05, 0.1) is 18.8 Å². The number of rotatable bonds is 33. The molecule has 0 aromatic rings. The number of carbonyl (C=O) groups is 1. The van der Waals surface area contributed by atoms with Crippen LogP contribution in [0, 0.1) is 0 Å². The van der Waals surface area contributed by atoms with Gasteiger partial charge in [-0.15, -0.1) is 0 Å². The molecule has 0 fully saturated rings. The first-order valence-corrected chi connectivity index (χ1v) is 18.4. The highest BCUT2D eigenvalue weighted by Crippen LogP contribution is 2.15. The molecule has 0 aromatic heterocycles. The largest absolute Gasteiger partial charge is 0.394 e. The van der Waals surface area contributed by atoms with E-state index in [9.17, 15) is 15.0 Å². The van der Waals surface area contributed by atoms with Gasteiger partial charge in [-0.3, -0.25) is 4.79 Å². The van der Waals surface area contributed by atoms with Gasteiger partial charge in [0.2, 0.25) is 5.91 Å². The summed E-state index contributed by atoms with van der Waals surface area (Å²) < 4.78 is 0. The molecule has 244 valence electrons. The minimum absolute atomic E-state index is 0.0763. The number of amides is 1. The molecule has 41 heavy (non-hydrogen) atoms. The van der Waals surface area contributed by atoms with Crippen LogP contribution in [0.2, 0.25) is 0 Å². The van der Waals surface area contributed by atoms with Crippen LogP contribution < -0.4 is 5.32 Å². The van der Waals surface area contributed by atoms with Crippen molar-refractivity contribution in [2.45, 2.75) is 212 Å². The molecule has 0 heterocycles. The predicted molar refractivity (Wildman–Crippen MR) is 179 cm³/mol. The molecule has 4 nitrogen and oxygen atoms in total. The average Bonchev–Trinajstić information content (AvgIpc) is 2.97. The van der Waals surface area contributed by atoms with E-state index in [4.69, 9.17) is 0 Å². The second kappa shape index (κ2) is 33.6. The summed E-state index contributed by atoms with van der Waals surface area (Å²) in [5.41, 5.74) is 0. The number of hydrogen-bond acceptors (Lipinski definition) is 3. The molecule has 0 saturated heterocycles. The van der Waals surface area contributed by atoms with Crippen LogP contribution in [0.1, 0.15) is 200 Å². The molecule has 2 atom stereocenters. The van der Waals surface area contributed by atoms with Gasteiger partial charge < -0.3 is 15.5 Å². The highest BCUT2D eigenvalue weighted by atomic mass is 16.3. The van der Waals surface area contributed by atoms with Crippen LogP contribution >= 0.6 is 0 Å². The molecule has 1 amide bonds. The molecule has 0 aliphatic rings. The molecule has 3 N–H and O–H groups in total. The van der Waals surface area contributed by atoms with Crippen LogP contribution in [0.3, 0.4) is 0 Å². The second-order valence-electron chi connectivity index (χ2n) is 12.7. The lowest BCUT2D eigenvalue weighted by molar-refractivity contribution is -0.123. The number of aliphatic hydroxyl groups is 2. The maximum atomic E-state index is 12.1. The van der Waals surface area contributed by atoms with Gasteiger partial charge >= 0.3 is 0 Å². The zero-order chi connectivity index (χ0) is 30.1. The van der Waals surface area contributed by atoms with E-state index in [1.807, 2.05) is 6.08 Å². The van der Waals surface area contributed by atoms with E-state index in [0.717, 1.165) is 32.1 Å². The van der Waals surface area contributed by atoms with Crippen molar-refractivity contribution in [3.63, 3.8) is 0 Å². The van der Waals surface area contributed by atoms with Gasteiger partial charge in [0.1, 0.15) is 0 Å². The van der Waals surface area contributed by atoms with Crippen molar-refractivity contribution in [2.75, 3.05) is 6.61 Å². The van der Waals surface area contributed by atoms with Crippen molar-refractivity contribution in [3.8, 4) is 0 Å². The van der Waals surface area contributed by atoms with Crippen molar-refractivity contribution in [1.82, 2.24) is 5.32 Å². The third kappa shape index (κ3) is 30.4. The van der Waals surface area contributed by atoms with Crippen LogP contribution in [-0.2, 0) is 4.79 Å². The van der Waals surface area contributed by atoms with Crippen LogP contribution in [0.4, 0.5) is 0 Å². The summed E-state index contributed by atoms with van der Waals surface area (Å²) in [7, 11) is 0. The number of aliphatic hydroxyl groups excluding tert-OH is 2. The first-order valence-electron chi connectivity index (χ1n) is 18.4. The fourth-order valence-electron chi connectivity index (χ4n) is 5.65. The fourth-order valence-corrected chi connectivity index (χ4v) is 5.65. The Morgan fingerprint density at radius 1 is 0.561 bits per heavy atom. The number of allylic oxidation sites excluding steroid dienone is 1. The lowest BCUT2D eigenvalue weighted by Gasteiger charge is -2.20. The Labute approximate surface area is 256 Å². The van der Waals surface area contributed by atoms with E-state index in [0.29, 0.717) is 6.42 Å².